The number of hydrogen-bond donors (Lipinski definition) is 9. The van der Waals surface area contributed by atoms with Gasteiger partial charge in [-0.05, 0) is 24.3 Å². The number of benzene rings is 2. The van der Waals surface area contributed by atoms with Crippen LogP contribution in [0.1, 0.15) is 23.3 Å². The van der Waals surface area contributed by atoms with Crippen molar-refractivity contribution in [1.29, 1.82) is 0 Å². The zero-order chi connectivity index (χ0) is 27.5. The van der Waals surface area contributed by atoms with Gasteiger partial charge < -0.3 is 59.8 Å². The number of phenolic OH excluding ortho intramolecular Hbond substituents is 3. The molecule has 5 rings (SSSR count). The summed E-state index contributed by atoms with van der Waals surface area (Å²) in [6.07, 6.45) is -13.3. The molecule has 2 aromatic carbocycles. The highest BCUT2D eigenvalue weighted by molar-refractivity contribution is 5.91. The fraction of sp³-hybridized carbons (Fsp3) is 0.400. The van der Waals surface area contributed by atoms with E-state index in [-0.39, 0.29) is 11.5 Å². The first-order valence-corrected chi connectivity index (χ1v) is 11.7. The highest BCUT2D eigenvalue weighted by Crippen LogP contribution is 2.50. The summed E-state index contributed by atoms with van der Waals surface area (Å²) in [6, 6.07) is 6.60. The van der Waals surface area contributed by atoms with E-state index in [1.54, 1.807) is 0 Å². The first-order valence-electron chi connectivity index (χ1n) is 11.7. The molecule has 0 radical (unpaired) electrons. The summed E-state index contributed by atoms with van der Waals surface area (Å²) >= 11 is 0. The molecule has 38 heavy (non-hydrogen) atoms. The molecule has 0 unspecified atom stereocenters. The van der Waals surface area contributed by atoms with Crippen molar-refractivity contribution < 1.29 is 59.8 Å². The van der Waals surface area contributed by atoms with Crippen molar-refractivity contribution in [3.63, 3.8) is 0 Å². The van der Waals surface area contributed by atoms with E-state index in [0.717, 1.165) is 6.07 Å². The van der Waals surface area contributed by atoms with E-state index in [1.807, 2.05) is 0 Å². The molecule has 2 fully saturated rings. The molecular formula is C25H26O13. The molecule has 1 aromatic heterocycles. The van der Waals surface area contributed by atoms with Gasteiger partial charge in [0.1, 0.15) is 77.2 Å². The lowest BCUT2D eigenvalue weighted by atomic mass is 9.87. The number of phenols is 3. The van der Waals surface area contributed by atoms with Crippen LogP contribution in [0.25, 0.3) is 22.3 Å². The number of ether oxygens (including phenoxy) is 2. The molecule has 0 saturated carbocycles. The minimum Gasteiger partial charge on any atom is -0.508 e. The molecule has 3 aromatic rings. The van der Waals surface area contributed by atoms with Crippen LogP contribution in [0.2, 0.25) is 0 Å². The SMILES string of the molecule is O=c1cc(-c2ccc(O)cc2)oc2c([C@@H]3OC[C@H](O)[C@@H](O)[C@@H]3O)c(O)c([C@@H]3OC[C@@H](O)[C@@H](O)[C@@H]3O)c(O)c12. The lowest BCUT2D eigenvalue weighted by Gasteiger charge is -2.38. The van der Waals surface area contributed by atoms with Crippen molar-refractivity contribution in [3.05, 3.63) is 51.7 Å². The van der Waals surface area contributed by atoms with E-state index >= 15 is 0 Å². The maximum Gasteiger partial charge on any atom is 0.197 e. The van der Waals surface area contributed by atoms with E-state index in [4.69, 9.17) is 13.9 Å². The van der Waals surface area contributed by atoms with Crippen molar-refractivity contribution in [3.8, 4) is 28.6 Å². The van der Waals surface area contributed by atoms with Crippen LogP contribution in [0.4, 0.5) is 0 Å². The second-order valence-electron chi connectivity index (χ2n) is 9.36. The van der Waals surface area contributed by atoms with Crippen LogP contribution >= 0.6 is 0 Å². The molecule has 0 amide bonds. The molecule has 0 bridgehead atoms. The number of rotatable bonds is 3. The minimum absolute atomic E-state index is 0.0475. The number of aromatic hydroxyl groups is 3. The van der Waals surface area contributed by atoms with Crippen LogP contribution in [0, 0.1) is 0 Å². The summed E-state index contributed by atoms with van der Waals surface area (Å²) in [5.74, 6) is -1.80. The third-order valence-corrected chi connectivity index (χ3v) is 6.92. The molecule has 8 atom stereocenters. The average molecular weight is 534 g/mol. The Morgan fingerprint density at radius 2 is 1.21 bits per heavy atom. The molecule has 13 nitrogen and oxygen atoms in total. The first-order chi connectivity index (χ1) is 18.0. The van der Waals surface area contributed by atoms with Crippen molar-refractivity contribution in [2.24, 2.45) is 0 Å². The third kappa shape index (κ3) is 4.19. The largest absolute Gasteiger partial charge is 0.508 e. The number of aliphatic hydroxyl groups excluding tert-OH is 6. The quantitative estimate of drug-likeness (QED) is 0.194. The summed E-state index contributed by atoms with van der Waals surface area (Å²) in [5.41, 5.74) is -1.86. The molecular weight excluding hydrogens is 508 g/mol. The van der Waals surface area contributed by atoms with Gasteiger partial charge in [0.2, 0.25) is 0 Å². The summed E-state index contributed by atoms with van der Waals surface area (Å²) in [5, 5.41) is 93.1. The Morgan fingerprint density at radius 1 is 0.684 bits per heavy atom. The second-order valence-corrected chi connectivity index (χ2v) is 9.36. The van der Waals surface area contributed by atoms with Crippen LogP contribution in [0.5, 0.6) is 17.2 Å². The molecule has 2 aliphatic heterocycles. The Bertz CT molecular complexity index is 1400. The van der Waals surface area contributed by atoms with Gasteiger partial charge in [-0.3, -0.25) is 4.79 Å². The Balaban J connectivity index is 1.80. The average Bonchev–Trinajstić information content (AvgIpc) is 2.88. The topological polar surface area (TPSA) is 231 Å². The van der Waals surface area contributed by atoms with Crippen molar-refractivity contribution >= 4 is 11.0 Å². The standard InChI is InChI=1S/C25H26O13/c26-9-3-1-8(2-4-9)13-5-10(27)14-19(32)15(24-21(34)17(30)11(28)6-36-24)20(33)16(23(14)38-13)25-22(35)18(31)12(29)7-37-25/h1-5,11-12,17-18,21-22,24-26,28-35H,6-7H2/t11-,12+,17-,18-,21+,22+,24+,25+/m1/s1. The van der Waals surface area contributed by atoms with Gasteiger partial charge in [0.25, 0.3) is 0 Å². The Hall–Kier alpha value is -3.27. The predicted molar refractivity (Wildman–Crippen MR) is 126 cm³/mol. The van der Waals surface area contributed by atoms with Crippen LogP contribution in [-0.4, -0.2) is 95.8 Å². The van der Waals surface area contributed by atoms with Gasteiger partial charge in [-0.25, -0.2) is 0 Å². The minimum atomic E-state index is -1.85. The summed E-state index contributed by atoms with van der Waals surface area (Å²) in [4.78, 5) is 13.3. The molecule has 2 aliphatic rings. The van der Waals surface area contributed by atoms with Crippen molar-refractivity contribution in [2.75, 3.05) is 13.2 Å². The van der Waals surface area contributed by atoms with Crippen molar-refractivity contribution in [1.82, 2.24) is 0 Å². The summed E-state index contributed by atoms with van der Waals surface area (Å²) in [6.45, 7) is -0.966. The Morgan fingerprint density at radius 3 is 1.76 bits per heavy atom. The fourth-order valence-electron chi connectivity index (χ4n) is 4.83. The van der Waals surface area contributed by atoms with E-state index in [2.05, 4.69) is 0 Å². The monoisotopic (exact) mass is 534 g/mol. The zero-order valence-corrected chi connectivity index (χ0v) is 19.6. The zero-order valence-electron chi connectivity index (χ0n) is 19.6. The number of hydrogen-bond acceptors (Lipinski definition) is 13. The van der Waals surface area contributed by atoms with Crippen LogP contribution in [-0.2, 0) is 9.47 Å². The van der Waals surface area contributed by atoms with E-state index in [9.17, 15) is 50.8 Å². The van der Waals surface area contributed by atoms with E-state index < -0.39 is 101 Å². The Kier molecular flexibility index (Phi) is 6.79. The highest BCUT2D eigenvalue weighted by atomic mass is 16.5. The van der Waals surface area contributed by atoms with E-state index in [0.29, 0.717) is 5.56 Å². The first kappa shape index (κ1) is 26.3. The van der Waals surface area contributed by atoms with Gasteiger partial charge in [0, 0.05) is 11.6 Å². The van der Waals surface area contributed by atoms with Gasteiger partial charge in [0.05, 0.1) is 24.3 Å². The van der Waals surface area contributed by atoms with Gasteiger partial charge in [-0.15, -0.1) is 0 Å². The van der Waals surface area contributed by atoms with E-state index in [1.165, 1.54) is 24.3 Å². The Labute approximate surface area is 213 Å². The normalized spacial score (nSPS) is 31.9. The molecule has 3 heterocycles. The molecule has 2 saturated heterocycles. The smallest absolute Gasteiger partial charge is 0.197 e. The van der Waals surface area contributed by atoms with Gasteiger partial charge in [0.15, 0.2) is 11.0 Å². The fourth-order valence-corrected chi connectivity index (χ4v) is 4.83. The number of fused-ring (bicyclic) bond motifs is 1. The van der Waals surface area contributed by atoms with Gasteiger partial charge in [-0.1, -0.05) is 0 Å². The van der Waals surface area contributed by atoms with Crippen molar-refractivity contribution in [2.45, 2.75) is 48.8 Å². The lowest BCUT2D eigenvalue weighted by molar-refractivity contribution is -0.191. The number of aliphatic hydroxyl groups is 6. The van der Waals surface area contributed by atoms with Crippen LogP contribution in [0.15, 0.2) is 39.5 Å². The maximum absolute atomic E-state index is 13.3. The molecule has 0 spiro atoms. The molecule has 0 aliphatic carbocycles. The third-order valence-electron chi connectivity index (χ3n) is 6.92. The lowest BCUT2D eigenvalue weighted by Crippen LogP contribution is -2.49. The summed E-state index contributed by atoms with van der Waals surface area (Å²) < 4.78 is 16.8. The predicted octanol–water partition coefficient (Wildman–Crippen LogP) is -1.12. The van der Waals surface area contributed by atoms with Gasteiger partial charge >= 0.3 is 0 Å². The summed E-state index contributed by atoms with van der Waals surface area (Å²) in [7, 11) is 0. The highest BCUT2D eigenvalue weighted by Gasteiger charge is 2.46. The maximum atomic E-state index is 13.3. The molecule has 204 valence electrons. The second kappa shape index (κ2) is 9.80. The van der Waals surface area contributed by atoms with Crippen LogP contribution in [0.3, 0.4) is 0 Å². The van der Waals surface area contributed by atoms with Crippen LogP contribution < -0.4 is 5.43 Å². The van der Waals surface area contributed by atoms with Gasteiger partial charge in [-0.2, -0.15) is 0 Å². The molecule has 13 heteroatoms. The molecule has 9 N–H and O–H groups in total.